The van der Waals surface area contributed by atoms with Gasteiger partial charge in [-0.25, -0.2) is 4.79 Å². The predicted molar refractivity (Wildman–Crippen MR) is 108 cm³/mol. The van der Waals surface area contributed by atoms with Crippen molar-refractivity contribution in [3.63, 3.8) is 0 Å². The molecule has 0 spiro atoms. The largest absolute Gasteiger partial charge is 0.445 e. The summed E-state index contributed by atoms with van der Waals surface area (Å²) in [5.41, 5.74) is 3.55. The van der Waals surface area contributed by atoms with Gasteiger partial charge in [0.15, 0.2) is 0 Å². The molecule has 2 unspecified atom stereocenters. The third kappa shape index (κ3) is 3.89. The summed E-state index contributed by atoms with van der Waals surface area (Å²) in [5.74, 6) is 0. The lowest BCUT2D eigenvalue weighted by Crippen LogP contribution is -2.56. The summed E-state index contributed by atoms with van der Waals surface area (Å²) in [7, 11) is 0. The number of morpholine rings is 1. The molecule has 27 heavy (non-hydrogen) atoms. The molecule has 0 radical (unpaired) electrons. The molecular formula is C22H23NO3S. The number of rotatable bonds is 4. The Bertz CT molecular complexity index is 836. The van der Waals surface area contributed by atoms with Crippen LogP contribution in [0.25, 0.3) is 5.57 Å². The van der Waals surface area contributed by atoms with Crippen molar-refractivity contribution in [2.45, 2.75) is 30.0 Å². The number of thioether (sulfide) groups is 1. The summed E-state index contributed by atoms with van der Waals surface area (Å²) in [6.45, 7) is 1.36. The maximum Gasteiger partial charge on any atom is 0.411 e. The molecule has 1 saturated heterocycles. The number of carbonyl (C=O) groups is 1. The summed E-state index contributed by atoms with van der Waals surface area (Å²) in [4.78, 5) is 15.9. The smallest absolute Gasteiger partial charge is 0.411 e. The van der Waals surface area contributed by atoms with E-state index in [-0.39, 0.29) is 18.2 Å². The van der Waals surface area contributed by atoms with Crippen LogP contribution in [0, 0.1) is 0 Å². The Kier molecular flexibility index (Phi) is 5.50. The Hall–Kier alpha value is -2.24. The highest BCUT2D eigenvalue weighted by Crippen LogP contribution is 2.36. The van der Waals surface area contributed by atoms with Crippen molar-refractivity contribution in [3.05, 3.63) is 71.8 Å². The zero-order chi connectivity index (χ0) is 18.6. The summed E-state index contributed by atoms with van der Waals surface area (Å²) in [6, 6.07) is 18.2. The average molecular weight is 381 g/mol. The SMILES string of the molecule is CSc1ccccc1C1=CC2COCC(C1)N2C(=O)OCc1ccccc1. The van der Waals surface area contributed by atoms with E-state index in [0.29, 0.717) is 19.8 Å². The molecule has 2 aliphatic rings. The standard InChI is InChI=1S/C22H23NO3S/c1-27-21-10-6-5-9-20(21)17-11-18-14-25-15-19(12-17)23(18)22(24)26-13-16-7-3-2-4-8-16/h2-11,18-19H,12-15H2,1H3. The molecule has 5 heteroatoms. The minimum Gasteiger partial charge on any atom is -0.445 e. The fourth-order valence-electron chi connectivity index (χ4n) is 3.78. The molecule has 2 aromatic carbocycles. The van der Waals surface area contributed by atoms with E-state index >= 15 is 0 Å². The van der Waals surface area contributed by atoms with Crippen molar-refractivity contribution < 1.29 is 14.3 Å². The van der Waals surface area contributed by atoms with Gasteiger partial charge in [-0.15, -0.1) is 11.8 Å². The van der Waals surface area contributed by atoms with E-state index in [9.17, 15) is 4.79 Å². The second-order valence-corrected chi connectivity index (χ2v) is 7.65. The summed E-state index contributed by atoms with van der Waals surface area (Å²) >= 11 is 1.75. The first kappa shape index (κ1) is 18.1. The predicted octanol–water partition coefficient (Wildman–Crippen LogP) is 4.60. The molecule has 2 heterocycles. The van der Waals surface area contributed by atoms with Gasteiger partial charge in [-0.3, -0.25) is 4.90 Å². The number of benzene rings is 2. The quantitative estimate of drug-likeness (QED) is 0.726. The molecule has 0 N–H and O–H groups in total. The van der Waals surface area contributed by atoms with Gasteiger partial charge < -0.3 is 9.47 Å². The number of hydrogen-bond donors (Lipinski definition) is 0. The fraction of sp³-hybridized carbons (Fsp3) is 0.318. The molecule has 2 aliphatic heterocycles. The van der Waals surface area contributed by atoms with Crippen LogP contribution < -0.4 is 0 Å². The Morgan fingerprint density at radius 3 is 2.70 bits per heavy atom. The van der Waals surface area contributed by atoms with Crippen molar-refractivity contribution in [2.75, 3.05) is 19.5 Å². The maximum atomic E-state index is 12.8. The van der Waals surface area contributed by atoms with Crippen LogP contribution in [0.5, 0.6) is 0 Å². The van der Waals surface area contributed by atoms with Crippen LogP contribution in [-0.4, -0.2) is 42.5 Å². The first-order chi connectivity index (χ1) is 13.3. The summed E-state index contributed by atoms with van der Waals surface area (Å²) in [5, 5.41) is 0. The highest BCUT2D eigenvalue weighted by atomic mass is 32.2. The number of ether oxygens (including phenoxy) is 2. The molecule has 2 aromatic rings. The number of hydrogen-bond acceptors (Lipinski definition) is 4. The molecule has 1 fully saturated rings. The minimum absolute atomic E-state index is 0.0157. The van der Waals surface area contributed by atoms with Crippen LogP contribution >= 0.6 is 11.8 Å². The Morgan fingerprint density at radius 2 is 1.93 bits per heavy atom. The number of fused-ring (bicyclic) bond motifs is 2. The van der Waals surface area contributed by atoms with Gasteiger partial charge in [-0.05, 0) is 35.4 Å². The van der Waals surface area contributed by atoms with Crippen molar-refractivity contribution >= 4 is 23.4 Å². The lowest BCUT2D eigenvalue weighted by atomic mass is 9.90. The third-order valence-corrected chi connectivity index (χ3v) is 5.86. The van der Waals surface area contributed by atoms with E-state index < -0.39 is 0 Å². The Labute approximate surface area is 164 Å². The lowest BCUT2D eigenvalue weighted by Gasteiger charge is -2.44. The third-order valence-electron chi connectivity index (χ3n) is 5.07. The van der Waals surface area contributed by atoms with Crippen molar-refractivity contribution in [1.29, 1.82) is 0 Å². The van der Waals surface area contributed by atoms with Gasteiger partial charge in [0, 0.05) is 4.90 Å². The first-order valence-corrected chi connectivity index (χ1v) is 10.4. The van der Waals surface area contributed by atoms with Gasteiger partial charge in [0.1, 0.15) is 6.61 Å². The Morgan fingerprint density at radius 1 is 1.15 bits per heavy atom. The van der Waals surface area contributed by atoms with Gasteiger partial charge in [0.2, 0.25) is 0 Å². The van der Waals surface area contributed by atoms with Crippen molar-refractivity contribution in [1.82, 2.24) is 4.90 Å². The van der Waals surface area contributed by atoms with Gasteiger partial charge in [-0.2, -0.15) is 0 Å². The van der Waals surface area contributed by atoms with Crippen LogP contribution in [0.3, 0.4) is 0 Å². The van der Waals surface area contributed by atoms with Gasteiger partial charge >= 0.3 is 6.09 Å². The fourth-order valence-corrected chi connectivity index (χ4v) is 4.42. The first-order valence-electron chi connectivity index (χ1n) is 9.17. The van der Waals surface area contributed by atoms with Crippen molar-refractivity contribution in [2.24, 2.45) is 0 Å². The van der Waals surface area contributed by atoms with Crippen LogP contribution in [0.1, 0.15) is 17.5 Å². The topological polar surface area (TPSA) is 38.8 Å². The van der Waals surface area contributed by atoms with E-state index in [1.165, 1.54) is 16.0 Å². The maximum absolute atomic E-state index is 12.8. The van der Waals surface area contributed by atoms with Gasteiger partial charge in [0.25, 0.3) is 0 Å². The Balaban J connectivity index is 1.52. The molecule has 4 rings (SSSR count). The molecular weight excluding hydrogens is 358 g/mol. The minimum atomic E-state index is -0.259. The van der Waals surface area contributed by atoms with Gasteiger partial charge in [0.05, 0.1) is 25.3 Å². The zero-order valence-electron chi connectivity index (χ0n) is 15.3. The molecule has 2 atom stereocenters. The number of nitrogens with zero attached hydrogens (tertiary/aromatic N) is 1. The van der Waals surface area contributed by atoms with Crippen molar-refractivity contribution in [3.8, 4) is 0 Å². The zero-order valence-corrected chi connectivity index (χ0v) is 16.2. The highest BCUT2D eigenvalue weighted by Gasteiger charge is 2.39. The second kappa shape index (κ2) is 8.19. The van der Waals surface area contributed by atoms with E-state index in [1.807, 2.05) is 35.2 Å². The lowest BCUT2D eigenvalue weighted by molar-refractivity contribution is -0.0342. The monoisotopic (exact) mass is 381 g/mol. The van der Waals surface area contributed by atoms with E-state index in [4.69, 9.17) is 9.47 Å². The molecule has 0 aromatic heterocycles. The van der Waals surface area contributed by atoms with Crippen LogP contribution in [0.4, 0.5) is 4.79 Å². The summed E-state index contributed by atoms with van der Waals surface area (Å²) < 4.78 is 11.3. The van der Waals surface area contributed by atoms with Gasteiger partial charge in [-0.1, -0.05) is 54.6 Å². The van der Waals surface area contributed by atoms with Crippen LogP contribution in [0.2, 0.25) is 0 Å². The average Bonchev–Trinajstić information content (AvgIpc) is 2.71. The van der Waals surface area contributed by atoms with Crippen LogP contribution in [-0.2, 0) is 16.1 Å². The van der Waals surface area contributed by atoms with E-state index in [2.05, 4.69) is 36.6 Å². The van der Waals surface area contributed by atoms with E-state index in [1.54, 1.807) is 11.8 Å². The second-order valence-electron chi connectivity index (χ2n) is 6.80. The van der Waals surface area contributed by atoms with Crippen LogP contribution in [0.15, 0.2) is 65.6 Å². The molecule has 0 saturated carbocycles. The molecule has 0 aliphatic carbocycles. The normalized spacial score (nSPS) is 21.5. The molecule has 140 valence electrons. The molecule has 2 bridgehead atoms. The molecule has 1 amide bonds. The molecule has 4 nitrogen and oxygen atoms in total. The van der Waals surface area contributed by atoms with E-state index in [0.717, 1.165) is 12.0 Å². The highest BCUT2D eigenvalue weighted by molar-refractivity contribution is 7.98. The number of amides is 1. The number of carbonyl (C=O) groups excluding carboxylic acids is 1. The summed E-state index contributed by atoms with van der Waals surface area (Å²) in [6.07, 6.45) is 4.80.